The molecule has 0 aliphatic rings. The summed E-state index contributed by atoms with van der Waals surface area (Å²) in [4.78, 5) is 28.3. The number of benzene rings is 3. The molecule has 31 heavy (non-hydrogen) atoms. The predicted molar refractivity (Wildman–Crippen MR) is 122 cm³/mol. The molecule has 1 amide bonds. The molecule has 4 aromatic rings. The minimum absolute atomic E-state index is 0.133. The van der Waals surface area contributed by atoms with E-state index in [1.165, 1.54) is 6.92 Å². The number of carbonyl (C=O) groups excluding carboxylic acids is 2. The molecule has 0 atom stereocenters. The number of rotatable bonds is 5. The van der Waals surface area contributed by atoms with E-state index in [0.717, 1.165) is 33.2 Å². The summed E-state index contributed by atoms with van der Waals surface area (Å²) in [5.41, 5.74) is 10.8. The molecule has 3 aromatic carbocycles. The number of hydrogen-bond donors (Lipinski definition) is 3. The molecule has 4 N–H and O–H groups in total. The highest BCUT2D eigenvalue weighted by molar-refractivity contribution is 6.14. The van der Waals surface area contributed by atoms with E-state index in [0.29, 0.717) is 16.8 Å². The molecule has 0 aliphatic carbocycles. The molecule has 0 unspecified atom stereocenters. The molecular formula is C24H22N4O3. The summed E-state index contributed by atoms with van der Waals surface area (Å²) in [7, 11) is 1.60. The smallest absolute Gasteiger partial charge is 0.302 e. The van der Waals surface area contributed by atoms with Gasteiger partial charge >= 0.3 is 5.97 Å². The first-order valence-corrected chi connectivity index (χ1v) is 9.79. The number of hydrogen-bond acceptors (Lipinski definition) is 6. The van der Waals surface area contributed by atoms with Crippen molar-refractivity contribution in [3.63, 3.8) is 0 Å². The van der Waals surface area contributed by atoms with Crippen LogP contribution < -0.4 is 16.4 Å². The van der Waals surface area contributed by atoms with Crippen molar-refractivity contribution >= 4 is 50.7 Å². The van der Waals surface area contributed by atoms with Crippen molar-refractivity contribution < 1.29 is 14.3 Å². The van der Waals surface area contributed by atoms with Crippen LogP contribution in [0.5, 0.6) is 0 Å². The van der Waals surface area contributed by atoms with Gasteiger partial charge in [-0.15, -0.1) is 0 Å². The molecule has 0 radical (unpaired) electrons. The maximum atomic E-state index is 12.4. The van der Waals surface area contributed by atoms with Crippen LogP contribution in [-0.4, -0.2) is 23.9 Å². The van der Waals surface area contributed by atoms with E-state index in [-0.39, 0.29) is 18.5 Å². The fraction of sp³-hybridized carbons (Fsp3) is 0.125. The zero-order valence-corrected chi connectivity index (χ0v) is 17.2. The van der Waals surface area contributed by atoms with Crippen LogP contribution in [-0.2, 0) is 16.1 Å². The number of ether oxygens (including phenoxy) is 1. The lowest BCUT2D eigenvalue weighted by Crippen LogP contribution is -2.18. The summed E-state index contributed by atoms with van der Waals surface area (Å²) in [6, 6.07) is 18.7. The topological polar surface area (TPSA) is 106 Å². The van der Waals surface area contributed by atoms with E-state index in [9.17, 15) is 9.59 Å². The fourth-order valence-corrected chi connectivity index (χ4v) is 3.57. The second-order valence-corrected chi connectivity index (χ2v) is 7.15. The highest BCUT2D eigenvalue weighted by atomic mass is 16.5. The molecule has 0 bridgehead atoms. The van der Waals surface area contributed by atoms with Gasteiger partial charge in [0.15, 0.2) is 0 Å². The van der Waals surface area contributed by atoms with E-state index >= 15 is 0 Å². The molecule has 1 heterocycles. The molecule has 156 valence electrons. The first-order valence-electron chi connectivity index (χ1n) is 9.79. The lowest BCUT2D eigenvalue weighted by molar-refractivity contribution is -0.142. The Morgan fingerprint density at radius 1 is 1.03 bits per heavy atom. The third kappa shape index (κ3) is 4.11. The third-order valence-electron chi connectivity index (χ3n) is 4.91. The number of anilines is 3. The minimum atomic E-state index is -0.357. The van der Waals surface area contributed by atoms with Crippen LogP contribution in [0.3, 0.4) is 0 Å². The van der Waals surface area contributed by atoms with E-state index in [1.54, 1.807) is 25.2 Å². The summed E-state index contributed by atoms with van der Waals surface area (Å²) < 4.78 is 5.11. The molecule has 4 rings (SSSR count). The highest BCUT2D eigenvalue weighted by Gasteiger charge is 2.15. The molecule has 0 aliphatic heterocycles. The average molecular weight is 414 g/mol. The van der Waals surface area contributed by atoms with Crippen LogP contribution in [0.4, 0.5) is 17.1 Å². The van der Waals surface area contributed by atoms with Crippen LogP contribution >= 0.6 is 0 Å². The number of nitrogens with zero attached hydrogens (tertiary/aromatic N) is 1. The molecule has 0 fully saturated rings. The average Bonchev–Trinajstić information content (AvgIpc) is 2.76. The Kier molecular flexibility index (Phi) is 5.41. The van der Waals surface area contributed by atoms with Gasteiger partial charge in [0.05, 0.1) is 22.3 Å². The number of nitrogens with one attached hydrogen (secondary N) is 2. The van der Waals surface area contributed by atoms with Crippen molar-refractivity contribution in [2.24, 2.45) is 0 Å². The van der Waals surface area contributed by atoms with Crippen LogP contribution in [0.1, 0.15) is 22.8 Å². The first-order chi connectivity index (χ1) is 15.0. The van der Waals surface area contributed by atoms with Crippen LogP contribution in [0.2, 0.25) is 0 Å². The standard InChI is InChI=1S/C24H22N4O3/c1-14(29)31-13-15-10-16(25)12-17(11-15)27-22-18-6-3-4-9-21(18)28-23-19(22)7-5-8-20(23)24(30)26-2/h3-12H,13,25H2,1-2H3,(H,26,30)(H,27,28). The van der Waals surface area contributed by atoms with Crippen LogP contribution in [0, 0.1) is 0 Å². The van der Waals surface area contributed by atoms with E-state index in [1.807, 2.05) is 42.5 Å². The van der Waals surface area contributed by atoms with E-state index in [4.69, 9.17) is 15.5 Å². The van der Waals surface area contributed by atoms with Crippen molar-refractivity contribution in [1.29, 1.82) is 0 Å². The highest BCUT2D eigenvalue weighted by Crippen LogP contribution is 2.35. The number of carbonyl (C=O) groups is 2. The Labute approximate surface area is 179 Å². The quantitative estimate of drug-likeness (QED) is 0.257. The summed E-state index contributed by atoms with van der Waals surface area (Å²) in [6.45, 7) is 1.50. The molecule has 7 heteroatoms. The molecule has 0 saturated heterocycles. The van der Waals surface area contributed by atoms with Crippen LogP contribution in [0.25, 0.3) is 21.8 Å². The number of pyridine rings is 1. The predicted octanol–water partition coefficient (Wildman–Crippen LogP) is 4.14. The Morgan fingerprint density at radius 3 is 2.58 bits per heavy atom. The lowest BCUT2D eigenvalue weighted by atomic mass is 10.0. The molecule has 0 saturated carbocycles. The summed E-state index contributed by atoms with van der Waals surface area (Å²) in [6.07, 6.45) is 0. The Hall–Kier alpha value is -4.13. The zero-order valence-electron chi connectivity index (χ0n) is 17.2. The number of aromatic nitrogens is 1. The minimum Gasteiger partial charge on any atom is -0.461 e. The van der Waals surface area contributed by atoms with Gasteiger partial charge in [0.1, 0.15) is 6.61 Å². The zero-order chi connectivity index (χ0) is 22.0. The SMILES string of the molecule is CNC(=O)c1cccc2c(Nc3cc(N)cc(COC(C)=O)c3)c3ccccc3nc12. The number of para-hydroxylation sites is 2. The maximum Gasteiger partial charge on any atom is 0.302 e. The summed E-state index contributed by atoms with van der Waals surface area (Å²) >= 11 is 0. The van der Waals surface area contributed by atoms with Gasteiger partial charge in [-0.1, -0.05) is 30.3 Å². The molecule has 7 nitrogen and oxygen atoms in total. The number of fused-ring (bicyclic) bond motifs is 2. The largest absolute Gasteiger partial charge is 0.461 e. The van der Waals surface area contributed by atoms with Gasteiger partial charge in [0.2, 0.25) is 0 Å². The third-order valence-corrected chi connectivity index (χ3v) is 4.91. The van der Waals surface area contributed by atoms with Gasteiger partial charge in [-0.05, 0) is 35.9 Å². The van der Waals surface area contributed by atoms with Gasteiger partial charge in [0, 0.05) is 36.1 Å². The van der Waals surface area contributed by atoms with Gasteiger partial charge in [-0.3, -0.25) is 9.59 Å². The van der Waals surface area contributed by atoms with E-state index in [2.05, 4.69) is 10.6 Å². The van der Waals surface area contributed by atoms with Crippen molar-refractivity contribution in [3.8, 4) is 0 Å². The number of nitrogens with two attached hydrogens (primary N) is 1. The first kappa shape index (κ1) is 20.2. The van der Waals surface area contributed by atoms with Gasteiger partial charge < -0.3 is 21.1 Å². The number of amides is 1. The molecular weight excluding hydrogens is 392 g/mol. The molecule has 0 spiro atoms. The Bertz CT molecular complexity index is 1320. The van der Waals surface area contributed by atoms with Gasteiger partial charge in [0.25, 0.3) is 5.91 Å². The van der Waals surface area contributed by atoms with Crippen molar-refractivity contribution in [3.05, 3.63) is 71.8 Å². The van der Waals surface area contributed by atoms with E-state index < -0.39 is 0 Å². The number of nitrogen functional groups attached to an aromatic ring is 1. The summed E-state index contributed by atoms with van der Waals surface area (Å²) in [5.74, 6) is -0.559. The normalized spacial score (nSPS) is 10.8. The van der Waals surface area contributed by atoms with Gasteiger partial charge in [-0.25, -0.2) is 4.98 Å². The second-order valence-electron chi connectivity index (χ2n) is 7.15. The number of esters is 1. The van der Waals surface area contributed by atoms with Crippen LogP contribution in [0.15, 0.2) is 60.7 Å². The monoisotopic (exact) mass is 414 g/mol. The summed E-state index contributed by atoms with van der Waals surface area (Å²) in [5, 5.41) is 7.84. The Morgan fingerprint density at radius 2 is 1.81 bits per heavy atom. The lowest BCUT2D eigenvalue weighted by Gasteiger charge is -2.16. The van der Waals surface area contributed by atoms with Crippen molar-refractivity contribution in [1.82, 2.24) is 10.3 Å². The van der Waals surface area contributed by atoms with Crippen molar-refractivity contribution in [2.45, 2.75) is 13.5 Å². The van der Waals surface area contributed by atoms with Crippen molar-refractivity contribution in [2.75, 3.05) is 18.1 Å². The maximum absolute atomic E-state index is 12.4. The second kappa shape index (κ2) is 8.31. The fourth-order valence-electron chi connectivity index (χ4n) is 3.57. The van der Waals surface area contributed by atoms with Gasteiger partial charge in [-0.2, -0.15) is 0 Å². The Balaban J connectivity index is 1.88. The molecule has 1 aromatic heterocycles.